The van der Waals surface area contributed by atoms with Crippen molar-refractivity contribution in [3.63, 3.8) is 0 Å². The first-order valence-corrected chi connectivity index (χ1v) is 5.04. The van der Waals surface area contributed by atoms with E-state index in [0.29, 0.717) is 5.01 Å². The zero-order valence-electron chi connectivity index (χ0n) is 7.27. The minimum absolute atomic E-state index is 0.170. The summed E-state index contributed by atoms with van der Waals surface area (Å²) in [5.41, 5.74) is 0.328. The maximum atomic E-state index is 12.2. The fourth-order valence-electron chi connectivity index (χ4n) is 1.42. The Morgan fingerprint density at radius 3 is 2.50 bits per heavy atom. The van der Waals surface area contributed by atoms with Gasteiger partial charge in [-0.25, -0.2) is 4.98 Å². The summed E-state index contributed by atoms with van der Waals surface area (Å²) in [5, 5.41) is 1.67. The number of thiazole rings is 1. The fourth-order valence-corrected chi connectivity index (χ4v) is 2.35. The lowest BCUT2D eigenvalue weighted by atomic mass is 9.82. The zero-order chi connectivity index (χ0) is 10.3. The van der Waals surface area contributed by atoms with Crippen LogP contribution >= 0.6 is 11.3 Å². The van der Waals surface area contributed by atoms with Gasteiger partial charge in [0, 0.05) is 11.3 Å². The molecule has 1 aromatic heterocycles. The fraction of sp³-hybridized carbons (Fsp3) is 0.444. The standard InChI is InChI=1S/C9H8F3NS/c1-5-2-6(3-5)8-13-7(4-14-8)9(10,11)12/h4,6H,1-3H2. The monoisotopic (exact) mass is 219 g/mol. The number of nitrogens with zero attached hydrogens (tertiary/aromatic N) is 1. The molecule has 0 radical (unpaired) electrons. The molecule has 0 amide bonds. The molecule has 1 aliphatic rings. The summed E-state index contributed by atoms with van der Waals surface area (Å²) in [7, 11) is 0. The zero-order valence-corrected chi connectivity index (χ0v) is 8.08. The lowest BCUT2D eigenvalue weighted by Crippen LogP contribution is -2.12. The summed E-state index contributed by atoms with van der Waals surface area (Å²) < 4.78 is 36.6. The Hall–Kier alpha value is -0.840. The van der Waals surface area contributed by atoms with Gasteiger partial charge in [-0.2, -0.15) is 13.2 Å². The number of halogens is 3. The highest BCUT2D eigenvalue weighted by Crippen LogP contribution is 2.42. The third-order valence-corrected chi connectivity index (χ3v) is 3.24. The molecule has 5 heteroatoms. The van der Waals surface area contributed by atoms with Crippen LogP contribution in [0.4, 0.5) is 13.2 Å². The second-order valence-corrected chi connectivity index (χ2v) is 4.31. The molecule has 0 saturated heterocycles. The van der Waals surface area contributed by atoms with Gasteiger partial charge in [0.15, 0.2) is 5.69 Å². The van der Waals surface area contributed by atoms with Crippen LogP contribution in [-0.4, -0.2) is 4.98 Å². The van der Waals surface area contributed by atoms with Crippen molar-refractivity contribution < 1.29 is 13.2 Å². The van der Waals surface area contributed by atoms with Crippen LogP contribution in [0, 0.1) is 0 Å². The maximum Gasteiger partial charge on any atom is 0.434 e. The summed E-state index contributed by atoms with van der Waals surface area (Å²) in [6.07, 6.45) is -2.74. The van der Waals surface area contributed by atoms with Gasteiger partial charge in [-0.3, -0.25) is 0 Å². The first-order chi connectivity index (χ1) is 6.47. The normalized spacial score (nSPS) is 18.4. The van der Waals surface area contributed by atoms with Crippen LogP contribution in [0.2, 0.25) is 0 Å². The van der Waals surface area contributed by atoms with E-state index in [-0.39, 0.29) is 5.92 Å². The summed E-state index contributed by atoms with van der Waals surface area (Å²) in [5.74, 6) is 0.170. The largest absolute Gasteiger partial charge is 0.434 e. The summed E-state index contributed by atoms with van der Waals surface area (Å²) in [6.45, 7) is 3.75. The molecule has 0 aromatic carbocycles. The van der Waals surface area contributed by atoms with Crippen LogP contribution in [0.25, 0.3) is 0 Å². The first kappa shape index (κ1) is 9.71. The van der Waals surface area contributed by atoms with E-state index < -0.39 is 11.9 Å². The molecular weight excluding hydrogens is 211 g/mol. The predicted octanol–water partition coefficient (Wildman–Crippen LogP) is 3.60. The highest BCUT2D eigenvalue weighted by molar-refractivity contribution is 7.09. The number of hydrogen-bond donors (Lipinski definition) is 0. The van der Waals surface area contributed by atoms with E-state index in [1.165, 1.54) is 0 Å². The number of aromatic nitrogens is 1. The second-order valence-electron chi connectivity index (χ2n) is 3.42. The van der Waals surface area contributed by atoms with E-state index in [2.05, 4.69) is 11.6 Å². The SMILES string of the molecule is C=C1CC(c2nc(C(F)(F)F)cs2)C1. The van der Waals surface area contributed by atoms with Gasteiger partial charge in [-0.15, -0.1) is 11.3 Å². The molecule has 2 rings (SSSR count). The topological polar surface area (TPSA) is 12.9 Å². The smallest absolute Gasteiger partial charge is 0.236 e. The molecule has 0 bridgehead atoms. The lowest BCUT2D eigenvalue weighted by Gasteiger charge is -2.26. The van der Waals surface area contributed by atoms with Gasteiger partial charge in [-0.1, -0.05) is 12.2 Å². The van der Waals surface area contributed by atoms with Crippen molar-refractivity contribution >= 4 is 11.3 Å². The van der Waals surface area contributed by atoms with Crippen molar-refractivity contribution in [2.45, 2.75) is 24.9 Å². The lowest BCUT2D eigenvalue weighted by molar-refractivity contribution is -0.140. The molecule has 0 atom stereocenters. The van der Waals surface area contributed by atoms with Crippen LogP contribution in [0.1, 0.15) is 29.5 Å². The van der Waals surface area contributed by atoms with E-state index in [0.717, 1.165) is 35.1 Å². The van der Waals surface area contributed by atoms with Gasteiger partial charge in [0.05, 0.1) is 5.01 Å². The second kappa shape index (κ2) is 3.08. The van der Waals surface area contributed by atoms with Crippen molar-refractivity contribution in [3.8, 4) is 0 Å². The Bertz CT molecular complexity index is 358. The van der Waals surface area contributed by atoms with Gasteiger partial charge >= 0.3 is 6.18 Å². The molecule has 1 aromatic rings. The average Bonchev–Trinajstić information content (AvgIpc) is 2.45. The van der Waals surface area contributed by atoms with Crippen LogP contribution < -0.4 is 0 Å². The molecule has 14 heavy (non-hydrogen) atoms. The molecule has 1 saturated carbocycles. The van der Waals surface area contributed by atoms with E-state index in [1.54, 1.807) is 0 Å². The molecule has 0 unspecified atom stereocenters. The van der Waals surface area contributed by atoms with E-state index in [9.17, 15) is 13.2 Å². The van der Waals surface area contributed by atoms with E-state index >= 15 is 0 Å². The Labute approximate surface area is 83.3 Å². The van der Waals surface area contributed by atoms with Crippen molar-refractivity contribution in [2.75, 3.05) is 0 Å². The number of alkyl halides is 3. The van der Waals surface area contributed by atoms with Gasteiger partial charge < -0.3 is 0 Å². The van der Waals surface area contributed by atoms with Gasteiger partial charge in [-0.05, 0) is 12.8 Å². The highest BCUT2D eigenvalue weighted by Gasteiger charge is 2.35. The highest BCUT2D eigenvalue weighted by atomic mass is 32.1. The molecule has 0 aliphatic heterocycles. The quantitative estimate of drug-likeness (QED) is 0.658. The van der Waals surface area contributed by atoms with Crippen LogP contribution in [0.15, 0.2) is 17.5 Å². The van der Waals surface area contributed by atoms with Crippen molar-refractivity contribution in [2.24, 2.45) is 0 Å². The van der Waals surface area contributed by atoms with E-state index in [4.69, 9.17) is 0 Å². The van der Waals surface area contributed by atoms with Gasteiger partial charge in [0.2, 0.25) is 0 Å². The number of hydrogen-bond acceptors (Lipinski definition) is 2. The average molecular weight is 219 g/mol. The molecule has 0 spiro atoms. The van der Waals surface area contributed by atoms with Gasteiger partial charge in [0.25, 0.3) is 0 Å². The molecule has 1 heterocycles. The first-order valence-electron chi connectivity index (χ1n) is 4.16. The molecule has 0 N–H and O–H groups in total. The third kappa shape index (κ3) is 1.68. The Kier molecular flexibility index (Phi) is 2.14. The molecule has 1 nitrogen and oxygen atoms in total. The van der Waals surface area contributed by atoms with Crippen LogP contribution in [0.5, 0.6) is 0 Å². The minimum Gasteiger partial charge on any atom is -0.236 e. The maximum absolute atomic E-state index is 12.2. The minimum atomic E-state index is -4.31. The Morgan fingerprint density at radius 1 is 1.43 bits per heavy atom. The third-order valence-electron chi connectivity index (χ3n) is 2.23. The van der Waals surface area contributed by atoms with E-state index in [1.807, 2.05) is 0 Å². The summed E-state index contributed by atoms with van der Waals surface area (Å²) in [4.78, 5) is 3.59. The van der Waals surface area contributed by atoms with Crippen molar-refractivity contribution in [1.29, 1.82) is 0 Å². The number of allylic oxidation sites excluding steroid dienone is 1. The van der Waals surface area contributed by atoms with Gasteiger partial charge in [0.1, 0.15) is 0 Å². The summed E-state index contributed by atoms with van der Waals surface area (Å²) in [6, 6.07) is 0. The Morgan fingerprint density at radius 2 is 2.07 bits per heavy atom. The number of rotatable bonds is 1. The van der Waals surface area contributed by atoms with Crippen molar-refractivity contribution in [1.82, 2.24) is 4.98 Å². The molecule has 1 aliphatic carbocycles. The van der Waals surface area contributed by atoms with Crippen molar-refractivity contribution in [3.05, 3.63) is 28.2 Å². The summed E-state index contributed by atoms with van der Waals surface area (Å²) >= 11 is 1.09. The van der Waals surface area contributed by atoms with Crippen LogP contribution in [0.3, 0.4) is 0 Å². The Balaban J connectivity index is 2.14. The molecule has 1 fully saturated rings. The predicted molar refractivity (Wildman–Crippen MR) is 48.2 cm³/mol. The van der Waals surface area contributed by atoms with Crippen LogP contribution in [-0.2, 0) is 6.18 Å². The molecular formula is C9H8F3NS. The molecule has 76 valence electrons.